The maximum atomic E-state index is 13.6. The van der Waals surface area contributed by atoms with Crippen LogP contribution in [-0.2, 0) is 32.6 Å². The molecule has 0 aromatic heterocycles. The average molecular weight is 606 g/mol. The number of rotatable bonds is 14. The van der Waals surface area contributed by atoms with E-state index in [0.717, 1.165) is 15.4 Å². The maximum absolute atomic E-state index is 13.6. The SMILES string of the molecule is Cc1c(Cl)ccc(S(=O)(=O)N(CCc2ccccc2)CC(=O)NCC(=O)CNCc2ccc(C(N)=O)cc2)c1Cl. The first kappa shape index (κ1) is 31.3. The first-order valence-electron chi connectivity index (χ1n) is 12.4. The summed E-state index contributed by atoms with van der Waals surface area (Å²) in [5, 5.41) is 5.78. The molecule has 0 spiro atoms. The highest BCUT2D eigenvalue weighted by molar-refractivity contribution is 7.89. The van der Waals surface area contributed by atoms with Crippen molar-refractivity contribution in [2.75, 3.05) is 26.2 Å². The Morgan fingerprint density at radius 2 is 1.57 bits per heavy atom. The van der Waals surface area contributed by atoms with Crippen LogP contribution in [0.1, 0.15) is 27.0 Å². The molecule has 4 N–H and O–H groups in total. The van der Waals surface area contributed by atoms with Crippen molar-refractivity contribution >= 4 is 50.8 Å². The van der Waals surface area contributed by atoms with Crippen LogP contribution in [-0.4, -0.2) is 56.5 Å². The number of ketones is 1. The summed E-state index contributed by atoms with van der Waals surface area (Å²) in [6.07, 6.45) is 0.362. The number of nitrogens with two attached hydrogens (primary N) is 1. The van der Waals surface area contributed by atoms with E-state index >= 15 is 0 Å². The first-order chi connectivity index (χ1) is 19.0. The summed E-state index contributed by atoms with van der Waals surface area (Å²) in [6, 6.07) is 18.7. The first-order valence-corrected chi connectivity index (χ1v) is 14.5. The van der Waals surface area contributed by atoms with Crippen molar-refractivity contribution in [3.8, 4) is 0 Å². The monoisotopic (exact) mass is 604 g/mol. The summed E-state index contributed by atoms with van der Waals surface area (Å²) in [4.78, 5) is 36.1. The van der Waals surface area contributed by atoms with Gasteiger partial charge in [-0.15, -0.1) is 0 Å². The minimum Gasteiger partial charge on any atom is -0.366 e. The molecule has 3 aromatic carbocycles. The Kier molecular flexibility index (Phi) is 11.2. The van der Waals surface area contributed by atoms with E-state index in [-0.39, 0.29) is 35.3 Å². The number of hydrogen-bond donors (Lipinski definition) is 3. The van der Waals surface area contributed by atoms with E-state index in [4.69, 9.17) is 28.9 Å². The highest BCUT2D eigenvalue weighted by Crippen LogP contribution is 2.32. The van der Waals surface area contributed by atoms with Crippen LogP contribution in [0.25, 0.3) is 0 Å². The zero-order valence-electron chi connectivity index (χ0n) is 21.8. The van der Waals surface area contributed by atoms with Crippen LogP contribution in [0.15, 0.2) is 71.6 Å². The quantitative estimate of drug-likeness (QED) is 0.258. The predicted octanol–water partition coefficient (Wildman–Crippen LogP) is 3.11. The van der Waals surface area contributed by atoms with E-state index in [1.807, 2.05) is 30.3 Å². The van der Waals surface area contributed by atoms with Crippen LogP contribution in [0.5, 0.6) is 0 Å². The van der Waals surface area contributed by atoms with Crippen molar-refractivity contribution in [2.24, 2.45) is 5.73 Å². The van der Waals surface area contributed by atoms with Crippen LogP contribution < -0.4 is 16.4 Å². The van der Waals surface area contributed by atoms with Gasteiger partial charge in [0.1, 0.15) is 4.90 Å². The number of primary amides is 1. The second-order valence-corrected chi connectivity index (χ2v) is 11.7. The topological polar surface area (TPSA) is 139 Å². The Balaban J connectivity index is 1.61. The molecular weight excluding hydrogens is 575 g/mol. The van der Waals surface area contributed by atoms with Crippen molar-refractivity contribution in [3.05, 3.63) is 99.0 Å². The zero-order valence-corrected chi connectivity index (χ0v) is 24.2. The minimum atomic E-state index is -4.17. The molecular formula is C28H30Cl2N4O5S. The van der Waals surface area contributed by atoms with Crippen molar-refractivity contribution in [1.29, 1.82) is 0 Å². The second kappa shape index (κ2) is 14.4. The number of halogens is 2. The fourth-order valence-corrected chi connectivity index (χ4v) is 5.95. The molecule has 12 heteroatoms. The molecule has 0 aliphatic rings. The maximum Gasteiger partial charge on any atom is 0.248 e. The third kappa shape index (κ3) is 8.61. The lowest BCUT2D eigenvalue weighted by atomic mass is 10.1. The van der Waals surface area contributed by atoms with E-state index in [1.54, 1.807) is 31.2 Å². The Morgan fingerprint density at radius 1 is 0.900 bits per heavy atom. The molecule has 9 nitrogen and oxygen atoms in total. The Hall–Kier alpha value is -3.28. The van der Waals surface area contributed by atoms with Crippen LogP contribution >= 0.6 is 23.2 Å². The van der Waals surface area contributed by atoms with Gasteiger partial charge in [0.05, 0.1) is 24.7 Å². The summed E-state index contributed by atoms with van der Waals surface area (Å²) in [5.74, 6) is -1.45. The van der Waals surface area contributed by atoms with Crippen LogP contribution in [0.3, 0.4) is 0 Å². The van der Waals surface area contributed by atoms with E-state index in [2.05, 4.69) is 10.6 Å². The minimum absolute atomic E-state index is 0.0110. The third-order valence-electron chi connectivity index (χ3n) is 6.09. The smallest absolute Gasteiger partial charge is 0.248 e. The lowest BCUT2D eigenvalue weighted by Gasteiger charge is -2.23. The molecule has 0 saturated carbocycles. The normalized spacial score (nSPS) is 11.4. The number of Topliss-reactive ketones (excluding diaryl/α,β-unsaturated/α-hetero) is 1. The molecule has 40 heavy (non-hydrogen) atoms. The van der Waals surface area contributed by atoms with Crippen LogP contribution in [0, 0.1) is 6.92 Å². The molecule has 212 valence electrons. The number of nitrogens with zero attached hydrogens (tertiary/aromatic N) is 1. The molecule has 0 fully saturated rings. The van der Waals surface area contributed by atoms with Crippen molar-refractivity contribution in [3.63, 3.8) is 0 Å². The molecule has 0 radical (unpaired) electrons. The molecule has 3 aromatic rings. The fourth-order valence-electron chi connectivity index (χ4n) is 3.77. The summed E-state index contributed by atoms with van der Waals surface area (Å²) in [7, 11) is -4.17. The van der Waals surface area contributed by atoms with Gasteiger partial charge in [-0.2, -0.15) is 4.31 Å². The molecule has 0 saturated heterocycles. The van der Waals surface area contributed by atoms with Gasteiger partial charge in [0.25, 0.3) is 0 Å². The van der Waals surface area contributed by atoms with Crippen molar-refractivity contribution < 1.29 is 22.8 Å². The van der Waals surface area contributed by atoms with Gasteiger partial charge < -0.3 is 16.4 Å². The van der Waals surface area contributed by atoms with Crippen LogP contribution in [0.4, 0.5) is 0 Å². The lowest BCUT2D eigenvalue weighted by Crippen LogP contribution is -2.43. The molecule has 0 heterocycles. The summed E-state index contributed by atoms with van der Waals surface area (Å²) >= 11 is 12.4. The van der Waals surface area contributed by atoms with Gasteiger partial charge in [0.2, 0.25) is 21.8 Å². The number of benzene rings is 3. The Labute approximate surface area is 243 Å². The predicted molar refractivity (Wildman–Crippen MR) is 155 cm³/mol. The van der Waals surface area contributed by atoms with Gasteiger partial charge in [0, 0.05) is 23.7 Å². The molecule has 3 rings (SSSR count). The summed E-state index contributed by atoms with van der Waals surface area (Å²) in [5.41, 5.74) is 7.77. The lowest BCUT2D eigenvalue weighted by molar-refractivity contribution is -0.125. The molecule has 0 bridgehead atoms. The van der Waals surface area contributed by atoms with E-state index in [1.165, 1.54) is 12.1 Å². The van der Waals surface area contributed by atoms with Gasteiger partial charge >= 0.3 is 0 Å². The Morgan fingerprint density at radius 3 is 2.23 bits per heavy atom. The number of nitrogens with one attached hydrogen (secondary N) is 2. The van der Waals surface area contributed by atoms with E-state index in [9.17, 15) is 22.8 Å². The number of carbonyl (C=O) groups excluding carboxylic acids is 3. The third-order valence-corrected chi connectivity index (χ3v) is 8.98. The van der Waals surface area contributed by atoms with Gasteiger partial charge in [-0.25, -0.2) is 8.42 Å². The fraction of sp³-hybridized carbons (Fsp3) is 0.250. The largest absolute Gasteiger partial charge is 0.366 e. The van der Waals surface area contributed by atoms with Gasteiger partial charge in [-0.05, 0) is 54.3 Å². The van der Waals surface area contributed by atoms with Crippen LogP contribution in [0.2, 0.25) is 10.0 Å². The molecule has 2 amide bonds. The van der Waals surface area contributed by atoms with Gasteiger partial charge in [-0.1, -0.05) is 65.7 Å². The number of carbonyl (C=O) groups is 3. The van der Waals surface area contributed by atoms with E-state index < -0.39 is 28.4 Å². The van der Waals surface area contributed by atoms with E-state index in [0.29, 0.717) is 29.1 Å². The number of sulfonamides is 1. The van der Waals surface area contributed by atoms with Crippen molar-refractivity contribution in [2.45, 2.75) is 24.8 Å². The molecule has 0 aliphatic carbocycles. The standard InChI is InChI=1S/C28H30Cl2N4O5S/c1-19-24(29)11-12-25(27(19)30)40(38,39)34(14-13-20-5-3-2-4-6-20)18-26(36)33-17-23(35)16-32-15-21-7-9-22(10-8-21)28(31)37/h2-12,32H,13-18H2,1H3,(H2,31,37)(H,33,36). The zero-order chi connectivity index (χ0) is 29.3. The summed E-state index contributed by atoms with van der Waals surface area (Å²) < 4.78 is 28.2. The highest BCUT2D eigenvalue weighted by atomic mass is 35.5. The molecule has 0 atom stereocenters. The second-order valence-electron chi connectivity index (χ2n) is 9.04. The molecule has 0 unspecified atom stereocenters. The van der Waals surface area contributed by atoms with Gasteiger partial charge in [-0.3, -0.25) is 14.4 Å². The summed E-state index contributed by atoms with van der Waals surface area (Å²) in [6.45, 7) is 1.20. The number of amides is 2. The van der Waals surface area contributed by atoms with Crippen molar-refractivity contribution in [1.82, 2.24) is 14.9 Å². The molecule has 0 aliphatic heterocycles. The average Bonchev–Trinajstić information content (AvgIpc) is 2.93. The Bertz CT molecular complexity index is 1470. The van der Waals surface area contributed by atoms with Gasteiger partial charge in [0.15, 0.2) is 5.78 Å². The highest BCUT2D eigenvalue weighted by Gasteiger charge is 2.29. The number of hydrogen-bond acceptors (Lipinski definition) is 6.